The molecule has 1 saturated heterocycles. The Bertz CT molecular complexity index is 691. The fourth-order valence-corrected chi connectivity index (χ4v) is 3.82. The van der Waals surface area contributed by atoms with Gasteiger partial charge in [0.15, 0.2) is 5.96 Å². The van der Waals surface area contributed by atoms with Crippen molar-refractivity contribution in [2.75, 3.05) is 40.0 Å². The van der Waals surface area contributed by atoms with E-state index in [1.165, 1.54) is 11.1 Å². The van der Waals surface area contributed by atoms with Gasteiger partial charge in [-0.2, -0.15) is 0 Å². The van der Waals surface area contributed by atoms with E-state index in [1.807, 2.05) is 7.05 Å². The Labute approximate surface area is 180 Å². The van der Waals surface area contributed by atoms with Crippen LogP contribution in [0.2, 0.25) is 0 Å². The number of nitrogens with one attached hydrogen (secondary N) is 2. The van der Waals surface area contributed by atoms with Gasteiger partial charge >= 0.3 is 0 Å². The van der Waals surface area contributed by atoms with E-state index < -0.39 is 0 Å². The van der Waals surface area contributed by atoms with Gasteiger partial charge in [0.25, 0.3) is 0 Å². The minimum absolute atomic E-state index is 0.365. The van der Waals surface area contributed by atoms with Crippen LogP contribution in [-0.2, 0) is 9.47 Å². The van der Waals surface area contributed by atoms with Crippen LogP contribution in [0.4, 0.5) is 0 Å². The summed E-state index contributed by atoms with van der Waals surface area (Å²) in [4.78, 5) is 4.35. The predicted octanol–water partition coefficient (Wildman–Crippen LogP) is 3.96. The van der Waals surface area contributed by atoms with Crippen LogP contribution in [0.25, 0.3) is 0 Å². The van der Waals surface area contributed by atoms with Crippen molar-refractivity contribution in [1.29, 1.82) is 0 Å². The van der Waals surface area contributed by atoms with Crippen molar-refractivity contribution in [3.05, 3.63) is 71.8 Å². The Hall–Kier alpha value is -2.37. The van der Waals surface area contributed by atoms with Gasteiger partial charge in [0.2, 0.25) is 0 Å². The van der Waals surface area contributed by atoms with Crippen LogP contribution < -0.4 is 10.6 Å². The van der Waals surface area contributed by atoms with Gasteiger partial charge in [0, 0.05) is 45.9 Å². The second kappa shape index (κ2) is 13.0. The molecule has 0 amide bonds. The molecular formula is C25H35N3O2. The molecule has 1 fully saturated rings. The first-order chi connectivity index (χ1) is 14.9. The van der Waals surface area contributed by atoms with Crippen LogP contribution in [0, 0.1) is 0 Å². The molecule has 0 saturated carbocycles. The van der Waals surface area contributed by atoms with Crippen molar-refractivity contribution in [1.82, 2.24) is 10.6 Å². The van der Waals surface area contributed by atoms with Crippen molar-refractivity contribution < 1.29 is 9.47 Å². The highest BCUT2D eigenvalue weighted by Gasteiger charge is 2.14. The normalized spacial score (nSPS) is 15.3. The Balaban J connectivity index is 1.40. The molecule has 0 atom stereocenters. The first-order valence-corrected chi connectivity index (χ1v) is 11.1. The second-order valence-corrected chi connectivity index (χ2v) is 7.62. The third-order valence-corrected chi connectivity index (χ3v) is 5.49. The minimum Gasteiger partial charge on any atom is -0.381 e. The van der Waals surface area contributed by atoms with Gasteiger partial charge in [0.05, 0.1) is 6.10 Å². The van der Waals surface area contributed by atoms with Gasteiger partial charge < -0.3 is 20.1 Å². The van der Waals surface area contributed by atoms with Gasteiger partial charge in [-0.15, -0.1) is 0 Å². The van der Waals surface area contributed by atoms with E-state index >= 15 is 0 Å². The van der Waals surface area contributed by atoms with E-state index in [-0.39, 0.29) is 0 Å². The van der Waals surface area contributed by atoms with Crippen LogP contribution in [0.1, 0.15) is 42.7 Å². The molecule has 1 aliphatic heterocycles. The standard InChI is InChI=1S/C25H35N3O2/c1-26-25(27-16-8-18-30-23-14-19-29-20-15-23)28-17-13-24(21-9-4-2-5-10-21)22-11-6-3-7-12-22/h2-7,9-12,23-24H,8,13-20H2,1H3,(H2,26,27,28). The molecule has 2 N–H and O–H groups in total. The summed E-state index contributed by atoms with van der Waals surface area (Å²) in [7, 11) is 1.82. The third-order valence-electron chi connectivity index (χ3n) is 5.49. The maximum atomic E-state index is 5.93. The number of rotatable bonds is 10. The topological polar surface area (TPSA) is 54.9 Å². The van der Waals surface area contributed by atoms with E-state index in [2.05, 4.69) is 76.3 Å². The maximum absolute atomic E-state index is 5.93. The van der Waals surface area contributed by atoms with E-state index in [4.69, 9.17) is 9.47 Å². The average molecular weight is 410 g/mol. The third kappa shape index (κ3) is 7.47. The van der Waals surface area contributed by atoms with Gasteiger partial charge in [0.1, 0.15) is 0 Å². The number of hydrogen-bond donors (Lipinski definition) is 2. The molecule has 0 unspecified atom stereocenters. The lowest BCUT2D eigenvalue weighted by Gasteiger charge is -2.22. The van der Waals surface area contributed by atoms with Gasteiger partial charge in [-0.05, 0) is 36.8 Å². The second-order valence-electron chi connectivity index (χ2n) is 7.62. The Morgan fingerprint density at radius 1 is 0.967 bits per heavy atom. The molecule has 0 radical (unpaired) electrons. The quantitative estimate of drug-likeness (QED) is 0.354. The summed E-state index contributed by atoms with van der Waals surface area (Å²) in [6.07, 6.45) is 4.36. The fourth-order valence-electron chi connectivity index (χ4n) is 3.82. The van der Waals surface area contributed by atoms with Crippen LogP contribution in [-0.4, -0.2) is 52.0 Å². The average Bonchev–Trinajstić information content (AvgIpc) is 2.82. The highest BCUT2D eigenvalue weighted by atomic mass is 16.5. The molecule has 30 heavy (non-hydrogen) atoms. The lowest BCUT2D eigenvalue weighted by Crippen LogP contribution is -2.39. The SMILES string of the molecule is CN=C(NCCCOC1CCOCC1)NCCC(c1ccccc1)c1ccccc1. The van der Waals surface area contributed by atoms with Crippen LogP contribution >= 0.6 is 0 Å². The minimum atomic E-state index is 0.365. The molecule has 3 rings (SSSR count). The highest BCUT2D eigenvalue weighted by Crippen LogP contribution is 2.27. The maximum Gasteiger partial charge on any atom is 0.190 e. The Kier molecular flexibility index (Phi) is 9.70. The lowest BCUT2D eigenvalue weighted by atomic mass is 9.88. The molecule has 2 aromatic carbocycles. The highest BCUT2D eigenvalue weighted by molar-refractivity contribution is 5.79. The summed E-state index contributed by atoms with van der Waals surface area (Å²) in [5.41, 5.74) is 2.69. The summed E-state index contributed by atoms with van der Waals surface area (Å²) >= 11 is 0. The lowest BCUT2D eigenvalue weighted by molar-refractivity contribution is -0.0320. The van der Waals surface area contributed by atoms with Crippen LogP contribution in [0.15, 0.2) is 65.7 Å². The molecule has 0 bridgehead atoms. The van der Waals surface area contributed by atoms with Gasteiger partial charge in [-0.1, -0.05) is 60.7 Å². The zero-order chi connectivity index (χ0) is 20.9. The Morgan fingerprint density at radius 2 is 1.57 bits per heavy atom. The van der Waals surface area contributed by atoms with E-state index in [0.29, 0.717) is 12.0 Å². The molecule has 162 valence electrons. The molecule has 1 heterocycles. The monoisotopic (exact) mass is 409 g/mol. The molecule has 5 heteroatoms. The molecule has 0 spiro atoms. The van der Waals surface area contributed by atoms with Crippen molar-refractivity contribution in [2.24, 2.45) is 4.99 Å². The Morgan fingerprint density at radius 3 is 2.17 bits per heavy atom. The molecule has 1 aliphatic rings. The number of benzene rings is 2. The van der Waals surface area contributed by atoms with Gasteiger partial charge in [-0.25, -0.2) is 0 Å². The van der Waals surface area contributed by atoms with Crippen molar-refractivity contribution >= 4 is 5.96 Å². The molecular weight excluding hydrogens is 374 g/mol. The summed E-state index contributed by atoms with van der Waals surface area (Å²) in [5, 5.41) is 6.86. The first-order valence-electron chi connectivity index (χ1n) is 11.1. The van der Waals surface area contributed by atoms with Gasteiger partial charge in [-0.3, -0.25) is 4.99 Å². The predicted molar refractivity (Wildman–Crippen MR) is 123 cm³/mol. The zero-order valence-corrected chi connectivity index (χ0v) is 18.1. The van der Waals surface area contributed by atoms with Crippen molar-refractivity contribution in [3.63, 3.8) is 0 Å². The van der Waals surface area contributed by atoms with E-state index in [9.17, 15) is 0 Å². The summed E-state index contributed by atoms with van der Waals surface area (Å²) in [5.74, 6) is 1.21. The molecule has 5 nitrogen and oxygen atoms in total. The zero-order valence-electron chi connectivity index (χ0n) is 18.1. The number of hydrogen-bond acceptors (Lipinski definition) is 3. The van der Waals surface area contributed by atoms with E-state index in [1.54, 1.807) is 0 Å². The number of guanidine groups is 1. The van der Waals surface area contributed by atoms with E-state index in [0.717, 1.165) is 64.6 Å². The molecule has 0 aromatic heterocycles. The summed E-state index contributed by atoms with van der Waals surface area (Å²) in [6.45, 7) is 4.13. The molecule has 2 aromatic rings. The largest absolute Gasteiger partial charge is 0.381 e. The fraction of sp³-hybridized carbons (Fsp3) is 0.480. The summed E-state index contributed by atoms with van der Waals surface area (Å²) < 4.78 is 11.3. The number of aliphatic imine (C=N–C) groups is 1. The number of ether oxygens (including phenoxy) is 2. The van der Waals surface area contributed by atoms with Crippen molar-refractivity contribution in [2.45, 2.75) is 37.7 Å². The smallest absolute Gasteiger partial charge is 0.190 e. The number of nitrogens with zero attached hydrogens (tertiary/aromatic N) is 1. The van der Waals surface area contributed by atoms with Crippen LogP contribution in [0.5, 0.6) is 0 Å². The molecule has 0 aliphatic carbocycles. The van der Waals surface area contributed by atoms with Crippen LogP contribution in [0.3, 0.4) is 0 Å². The van der Waals surface area contributed by atoms with Crippen molar-refractivity contribution in [3.8, 4) is 0 Å². The first kappa shape index (κ1) is 22.3. The summed E-state index contributed by atoms with van der Waals surface area (Å²) in [6, 6.07) is 21.4.